The zero-order valence-electron chi connectivity index (χ0n) is 15.2. The number of hydrogen-bond donors (Lipinski definition) is 1. The summed E-state index contributed by atoms with van der Waals surface area (Å²) in [4.78, 5) is 20.7. The van der Waals surface area contributed by atoms with Crippen LogP contribution in [0.15, 0.2) is 33.7 Å². The first-order valence-corrected chi connectivity index (χ1v) is 8.09. The van der Waals surface area contributed by atoms with E-state index in [1.165, 1.54) is 0 Å². The fourth-order valence-corrected chi connectivity index (χ4v) is 1.77. The van der Waals surface area contributed by atoms with Gasteiger partial charge >= 0.3 is 0 Å². The summed E-state index contributed by atoms with van der Waals surface area (Å²) in [5.74, 6) is 1.09. The molecule has 4 nitrogen and oxygen atoms in total. The number of nitrogens with one attached hydrogen (secondary N) is 1. The van der Waals surface area contributed by atoms with Crippen molar-refractivity contribution in [3.63, 3.8) is 0 Å². The molecule has 1 N–H and O–H groups in total. The molecule has 1 atom stereocenters. The number of rotatable bonds is 8. The third kappa shape index (κ3) is 8.55. The maximum atomic E-state index is 11.6. The number of carbonyl (C=O) groups excluding carboxylic acids is 1. The van der Waals surface area contributed by atoms with Crippen LogP contribution in [0.5, 0.6) is 0 Å². The highest BCUT2D eigenvalue weighted by molar-refractivity contribution is 6.41. The molecule has 1 unspecified atom stereocenters. The topological polar surface area (TPSA) is 53.8 Å². The Morgan fingerprint density at radius 2 is 1.73 bits per heavy atom. The van der Waals surface area contributed by atoms with E-state index in [1.54, 1.807) is 6.08 Å². The second kappa shape index (κ2) is 10.9. The zero-order valence-corrected chi connectivity index (χ0v) is 15.2. The maximum Gasteiger partial charge on any atom is 0.225 e. The van der Waals surface area contributed by atoms with Crippen LogP contribution in [0.25, 0.3) is 0 Å². The largest absolute Gasteiger partial charge is 0.311 e. The van der Waals surface area contributed by atoms with Crippen LogP contribution < -0.4 is 5.32 Å². The molecule has 0 aromatic heterocycles. The van der Waals surface area contributed by atoms with Crippen molar-refractivity contribution in [2.75, 3.05) is 0 Å². The highest BCUT2D eigenvalue weighted by Gasteiger charge is 2.04. The van der Waals surface area contributed by atoms with Crippen molar-refractivity contribution in [1.82, 2.24) is 5.32 Å². The number of allylic oxidation sites excluding steroid dienone is 3. The quantitative estimate of drug-likeness (QED) is 0.653. The van der Waals surface area contributed by atoms with Gasteiger partial charge in [-0.1, -0.05) is 33.3 Å². The lowest BCUT2D eigenvalue weighted by atomic mass is 10.1. The van der Waals surface area contributed by atoms with Gasteiger partial charge in [-0.3, -0.25) is 9.79 Å². The predicted octanol–water partition coefficient (Wildman–Crippen LogP) is 4.64. The molecule has 0 aliphatic heterocycles. The highest BCUT2D eigenvalue weighted by Crippen LogP contribution is 2.08. The average Bonchev–Trinajstić information content (AvgIpc) is 2.46. The highest BCUT2D eigenvalue weighted by atomic mass is 16.1. The van der Waals surface area contributed by atoms with Gasteiger partial charge in [0.15, 0.2) is 0 Å². The van der Waals surface area contributed by atoms with Crippen molar-refractivity contribution in [2.45, 2.75) is 67.7 Å². The first-order valence-electron chi connectivity index (χ1n) is 8.09. The third-order valence-corrected chi connectivity index (χ3v) is 3.34. The SMILES string of the molecule is C\C=C(/N=C(C)\C(C)=N/C(C)=C\C(C)CC)NC(=O)CCC. The third-order valence-electron chi connectivity index (χ3n) is 3.34. The van der Waals surface area contributed by atoms with Crippen molar-refractivity contribution in [2.24, 2.45) is 15.9 Å². The molecular formula is C18H31N3O. The van der Waals surface area contributed by atoms with E-state index in [1.807, 2.05) is 34.6 Å². The normalized spacial score (nSPS) is 15.8. The standard InChI is InChI=1S/C18H31N3O/c1-8-11-18(22)21-17(10-3)20-16(7)15(6)19-14(5)12-13(4)9-2/h10,12-13H,8-9,11H2,1-7H3,(H,21,22)/b14-12-,17-10+,19-15-,20-16-. The van der Waals surface area contributed by atoms with Crippen molar-refractivity contribution >= 4 is 17.3 Å². The molecule has 0 aromatic rings. The first-order chi connectivity index (χ1) is 10.3. The lowest BCUT2D eigenvalue weighted by Gasteiger charge is -2.07. The molecule has 0 rings (SSSR count). The minimum Gasteiger partial charge on any atom is -0.311 e. The van der Waals surface area contributed by atoms with Crippen LogP contribution in [0.2, 0.25) is 0 Å². The number of hydrogen-bond acceptors (Lipinski definition) is 3. The van der Waals surface area contributed by atoms with Crippen molar-refractivity contribution in [1.29, 1.82) is 0 Å². The molecule has 0 radical (unpaired) electrons. The molecule has 0 fully saturated rings. The maximum absolute atomic E-state index is 11.6. The van der Waals surface area contributed by atoms with Crippen LogP contribution in [-0.2, 0) is 4.79 Å². The van der Waals surface area contributed by atoms with E-state index in [4.69, 9.17) is 0 Å². The Balaban J connectivity index is 5.01. The first kappa shape index (κ1) is 20.3. The molecule has 0 heterocycles. The Hall–Kier alpha value is -1.71. The molecule has 0 bridgehead atoms. The van der Waals surface area contributed by atoms with Gasteiger partial charge in [0.1, 0.15) is 5.82 Å². The van der Waals surface area contributed by atoms with E-state index in [0.29, 0.717) is 18.2 Å². The van der Waals surface area contributed by atoms with Crippen LogP contribution in [0, 0.1) is 5.92 Å². The monoisotopic (exact) mass is 305 g/mol. The summed E-state index contributed by atoms with van der Waals surface area (Å²) in [5, 5.41) is 2.81. The van der Waals surface area contributed by atoms with E-state index in [0.717, 1.165) is 30.0 Å². The molecule has 0 saturated heterocycles. The van der Waals surface area contributed by atoms with Crippen molar-refractivity contribution in [3.8, 4) is 0 Å². The molecule has 0 spiro atoms. The molecule has 0 aliphatic carbocycles. The lowest BCUT2D eigenvalue weighted by Crippen LogP contribution is -2.22. The molecule has 124 valence electrons. The van der Waals surface area contributed by atoms with Crippen LogP contribution in [-0.4, -0.2) is 17.3 Å². The van der Waals surface area contributed by atoms with Gasteiger partial charge in [-0.2, -0.15) is 0 Å². The van der Waals surface area contributed by atoms with Gasteiger partial charge in [-0.15, -0.1) is 0 Å². The minimum atomic E-state index is -0.00501. The molecule has 1 amide bonds. The van der Waals surface area contributed by atoms with Crippen LogP contribution in [0.1, 0.15) is 67.7 Å². The summed E-state index contributed by atoms with van der Waals surface area (Å²) in [5.41, 5.74) is 2.67. The summed E-state index contributed by atoms with van der Waals surface area (Å²) >= 11 is 0. The number of carbonyl (C=O) groups is 1. The number of amides is 1. The van der Waals surface area contributed by atoms with E-state index >= 15 is 0 Å². The Morgan fingerprint density at radius 3 is 2.23 bits per heavy atom. The number of nitrogens with zero attached hydrogens (tertiary/aromatic N) is 2. The van der Waals surface area contributed by atoms with E-state index < -0.39 is 0 Å². The second-order valence-electron chi connectivity index (χ2n) is 5.56. The Labute approximate surface area is 135 Å². The van der Waals surface area contributed by atoms with Crippen molar-refractivity contribution < 1.29 is 4.79 Å². The van der Waals surface area contributed by atoms with E-state index in [-0.39, 0.29) is 5.91 Å². The molecule has 22 heavy (non-hydrogen) atoms. The fraction of sp³-hybridized carbons (Fsp3) is 0.611. The van der Waals surface area contributed by atoms with Crippen LogP contribution in [0.3, 0.4) is 0 Å². The molecular weight excluding hydrogens is 274 g/mol. The Morgan fingerprint density at radius 1 is 1.14 bits per heavy atom. The summed E-state index contributed by atoms with van der Waals surface area (Å²) in [6.07, 6.45) is 6.40. The number of aliphatic imine (C=N–C) groups is 2. The molecule has 0 aliphatic rings. The van der Waals surface area contributed by atoms with Gasteiger partial charge in [0.05, 0.1) is 11.4 Å². The van der Waals surface area contributed by atoms with Gasteiger partial charge < -0.3 is 5.32 Å². The predicted molar refractivity (Wildman–Crippen MR) is 96.2 cm³/mol. The summed E-state index contributed by atoms with van der Waals surface area (Å²) in [7, 11) is 0. The van der Waals surface area contributed by atoms with Gasteiger partial charge in [0, 0.05) is 12.1 Å². The summed E-state index contributed by atoms with van der Waals surface area (Å²) < 4.78 is 0. The van der Waals surface area contributed by atoms with E-state index in [2.05, 4.69) is 35.2 Å². The van der Waals surface area contributed by atoms with Crippen LogP contribution >= 0.6 is 0 Å². The van der Waals surface area contributed by atoms with Gasteiger partial charge in [0.25, 0.3) is 0 Å². The lowest BCUT2D eigenvalue weighted by molar-refractivity contribution is -0.120. The molecule has 0 saturated carbocycles. The molecule has 4 heteroatoms. The molecule has 0 aromatic carbocycles. The van der Waals surface area contributed by atoms with Crippen LogP contribution in [0.4, 0.5) is 0 Å². The minimum absolute atomic E-state index is 0.00501. The van der Waals surface area contributed by atoms with Gasteiger partial charge in [0.2, 0.25) is 5.91 Å². The van der Waals surface area contributed by atoms with Crippen molar-refractivity contribution in [3.05, 3.63) is 23.7 Å². The van der Waals surface area contributed by atoms with Gasteiger partial charge in [-0.05, 0) is 46.1 Å². The Kier molecular flexibility index (Phi) is 10.1. The second-order valence-corrected chi connectivity index (χ2v) is 5.56. The van der Waals surface area contributed by atoms with E-state index in [9.17, 15) is 4.79 Å². The Bertz CT molecular complexity index is 485. The summed E-state index contributed by atoms with van der Waals surface area (Å²) in [6.45, 7) is 14.0. The smallest absolute Gasteiger partial charge is 0.225 e. The summed E-state index contributed by atoms with van der Waals surface area (Å²) in [6, 6.07) is 0. The zero-order chi connectivity index (χ0) is 17.1. The van der Waals surface area contributed by atoms with Gasteiger partial charge in [-0.25, -0.2) is 4.99 Å². The average molecular weight is 305 g/mol. The fourth-order valence-electron chi connectivity index (χ4n) is 1.77.